The maximum atomic E-state index is 5.51. The van der Waals surface area contributed by atoms with Gasteiger partial charge in [0.2, 0.25) is 0 Å². The summed E-state index contributed by atoms with van der Waals surface area (Å²) in [5.41, 5.74) is 0.818. The first-order chi connectivity index (χ1) is 34.4. The maximum absolute atomic E-state index is 5.51. The molecule has 0 aromatic carbocycles. The monoisotopic (exact) mass is 1290 g/mol. The highest BCUT2D eigenvalue weighted by molar-refractivity contribution is 6.63. The van der Waals surface area contributed by atoms with E-state index in [0.29, 0.717) is 28.8 Å². The second-order valence-corrected chi connectivity index (χ2v) is 34.3. The van der Waals surface area contributed by atoms with Crippen molar-refractivity contribution in [2.45, 2.75) is 295 Å². The smallest absolute Gasteiger partial charge is 0.377 e. The first-order valence-corrected chi connectivity index (χ1v) is 37.0. The number of hydrogen-bond donors (Lipinski definition) is 0. The van der Waals surface area contributed by atoms with Gasteiger partial charge >= 0.3 is 44.0 Å². The van der Waals surface area contributed by atoms with Crippen molar-refractivity contribution in [2.75, 3.05) is 107 Å². The molecule has 522 valence electrons. The van der Waals surface area contributed by atoms with Gasteiger partial charge in [-0.25, -0.2) is 0 Å². The summed E-state index contributed by atoms with van der Waals surface area (Å²) in [7, 11) is 13.4. The zero-order valence-corrected chi connectivity index (χ0v) is 57.1. The van der Waals surface area contributed by atoms with Crippen molar-refractivity contribution >= 4 is 44.0 Å². The lowest BCUT2D eigenvalue weighted by Crippen LogP contribution is -2.47. The molecule has 5 atom stereocenters. The van der Waals surface area contributed by atoms with E-state index in [2.05, 4.69) is 69.2 Å². The highest BCUT2D eigenvalue weighted by Crippen LogP contribution is 2.33. The van der Waals surface area contributed by atoms with Crippen LogP contribution < -0.4 is 0 Å². The van der Waals surface area contributed by atoms with Gasteiger partial charge in [-0.05, 0) is 37.0 Å². The van der Waals surface area contributed by atoms with Crippen LogP contribution in [0.1, 0.15) is 265 Å². The Hall–Kier alpha value is 0.484. The average molecular weight is 1290 g/mol. The van der Waals surface area contributed by atoms with Crippen LogP contribution in [0.15, 0.2) is 0 Å². The summed E-state index contributed by atoms with van der Waals surface area (Å²) >= 11 is 0. The van der Waals surface area contributed by atoms with Crippen LogP contribution in [-0.4, -0.2) is 151 Å². The van der Waals surface area contributed by atoms with E-state index in [9.17, 15) is 0 Å². The van der Waals surface area contributed by atoms with Crippen LogP contribution in [0.4, 0.5) is 0 Å². The normalized spacial score (nSPS) is 12.5. The first-order valence-electron chi connectivity index (χ1n) is 27.6. The van der Waals surface area contributed by atoms with Gasteiger partial charge in [-0.1, -0.05) is 246 Å². The van der Waals surface area contributed by atoms with Crippen molar-refractivity contribution in [1.29, 1.82) is 0 Å². The van der Waals surface area contributed by atoms with Gasteiger partial charge in [0, 0.05) is 136 Å². The average Bonchev–Trinajstić information content (AvgIpc) is 3.42. The SMILES string of the molecule is C.C.C.C.C.C.C.C.C.C.CCCC(CC)C[Si](OC)(OC)OC.CCCCC(C)C[Si](OC)(OC)OC.CCCCC(CC)C[Si](OC)(OC)OC.CCCCCC(C)[Si](OC)(OC)OC.CCCCCC(CC)[Si](OC)(OC)OC. The maximum Gasteiger partial charge on any atom is 0.503 e. The van der Waals surface area contributed by atoms with Gasteiger partial charge in [-0.3, -0.25) is 0 Å². The predicted molar refractivity (Wildman–Crippen MR) is 378 cm³/mol. The van der Waals surface area contributed by atoms with Crippen LogP contribution in [0.25, 0.3) is 0 Å². The molecule has 0 aliphatic carbocycles. The molecule has 0 amide bonds. The molecule has 20 heteroatoms. The highest BCUT2D eigenvalue weighted by Gasteiger charge is 2.46. The molecular formula is C62H164O15Si5. The molecule has 0 aliphatic rings. The lowest BCUT2D eigenvalue weighted by Gasteiger charge is -2.31. The van der Waals surface area contributed by atoms with Gasteiger partial charge in [-0.2, -0.15) is 0 Å². The summed E-state index contributed by atoms with van der Waals surface area (Å²) in [6.45, 7) is 22.1. The Morgan fingerprint density at radius 1 is 0.256 bits per heavy atom. The lowest BCUT2D eigenvalue weighted by molar-refractivity contribution is 0.108. The molecule has 82 heavy (non-hydrogen) atoms. The molecule has 0 heterocycles. The molecule has 0 fully saturated rings. The zero-order chi connectivity index (χ0) is 56.5. The minimum Gasteiger partial charge on any atom is -0.377 e. The van der Waals surface area contributed by atoms with E-state index >= 15 is 0 Å². The van der Waals surface area contributed by atoms with Gasteiger partial charge in [0.25, 0.3) is 0 Å². The Kier molecular flexibility index (Phi) is 114. The van der Waals surface area contributed by atoms with E-state index in [0.717, 1.165) is 37.4 Å². The van der Waals surface area contributed by atoms with E-state index in [1.807, 2.05) is 0 Å². The molecule has 0 aliphatic heterocycles. The summed E-state index contributed by atoms with van der Waals surface area (Å²) in [5, 5.41) is 0. The fraction of sp³-hybridized carbons (Fsp3) is 1.00. The Labute approximate surface area is 527 Å². The Bertz CT molecular complexity index is 1050. The van der Waals surface area contributed by atoms with Crippen molar-refractivity contribution < 1.29 is 66.4 Å². The van der Waals surface area contributed by atoms with Gasteiger partial charge in [0.1, 0.15) is 0 Å². The molecule has 0 aromatic rings. The summed E-state index contributed by atoms with van der Waals surface area (Å²) in [5.74, 6) is 1.93. The summed E-state index contributed by atoms with van der Waals surface area (Å²) < 4.78 is 81.5. The van der Waals surface area contributed by atoms with Gasteiger partial charge in [-0.15, -0.1) is 0 Å². The predicted octanol–water partition coefficient (Wildman–Crippen LogP) is 20.9. The number of rotatable bonds is 42. The molecule has 15 nitrogen and oxygen atoms in total. The van der Waals surface area contributed by atoms with Crippen LogP contribution in [0.2, 0.25) is 29.2 Å². The third kappa shape index (κ3) is 51.4. The summed E-state index contributed by atoms with van der Waals surface area (Å²) in [6.07, 6.45) is 23.1. The molecule has 0 spiro atoms. The number of unbranched alkanes of at least 4 members (excludes halogenated alkanes) is 6. The van der Waals surface area contributed by atoms with E-state index in [1.165, 1.54) is 103 Å². The molecule has 0 radical (unpaired) electrons. The fourth-order valence-corrected chi connectivity index (χ4v) is 20.1. The Morgan fingerprint density at radius 3 is 0.793 bits per heavy atom. The summed E-state index contributed by atoms with van der Waals surface area (Å²) in [4.78, 5) is 0. The van der Waals surface area contributed by atoms with Crippen LogP contribution in [0, 0.1) is 17.8 Å². The lowest BCUT2D eigenvalue weighted by atomic mass is 10.0. The van der Waals surface area contributed by atoms with Crippen molar-refractivity contribution in [2.24, 2.45) is 17.8 Å². The van der Waals surface area contributed by atoms with Gasteiger partial charge in [0.05, 0.1) is 0 Å². The van der Waals surface area contributed by atoms with Crippen molar-refractivity contribution in [3.63, 3.8) is 0 Å². The second-order valence-electron chi connectivity index (χ2n) is 18.7. The van der Waals surface area contributed by atoms with Crippen LogP contribution in [-0.2, 0) is 66.4 Å². The minimum atomic E-state index is -2.40. The first kappa shape index (κ1) is 120. The molecule has 0 bridgehead atoms. The third-order valence-electron chi connectivity index (χ3n) is 14.0. The quantitative estimate of drug-likeness (QED) is 0.0423. The van der Waals surface area contributed by atoms with Gasteiger partial charge < -0.3 is 66.4 Å². The third-order valence-corrected chi connectivity index (χ3v) is 29.6. The van der Waals surface area contributed by atoms with Crippen LogP contribution in [0.5, 0.6) is 0 Å². The molecule has 0 saturated heterocycles. The second kappa shape index (κ2) is 77.6. The standard InChI is InChI=1S/2C11H26O3Si.3C10H24O3Si.10CH4/c1-6-8-9-11(7-2)10-15(12-3,13-4)14-5;1-6-8-9-10-11(7-2)15(12-3,13-4)14-5;1-6-7-8-10(2)9-14(11-3,12-4)13-5;1-6-7-8-9-10(2)14(11-3,12-4)13-5;1-6-8-10(7-2)9-14(11-3,12-4)13-5;;;;;;;;;;/h2*11H,6-10H2,1-5H3;3*10H,6-9H2,1-5H3;10*1H4. The fourth-order valence-electron chi connectivity index (χ4n) is 8.84. The van der Waals surface area contributed by atoms with Crippen LogP contribution in [0.3, 0.4) is 0 Å². The molecule has 0 N–H and O–H groups in total. The van der Waals surface area contributed by atoms with E-state index in [1.54, 1.807) is 107 Å². The van der Waals surface area contributed by atoms with E-state index < -0.39 is 44.0 Å². The minimum absolute atomic E-state index is 0. The largest absolute Gasteiger partial charge is 0.503 e. The highest BCUT2D eigenvalue weighted by atomic mass is 28.4. The molecule has 0 saturated carbocycles. The van der Waals surface area contributed by atoms with Crippen LogP contribution >= 0.6 is 0 Å². The molecule has 0 aromatic heterocycles. The molecular weight excluding hydrogens is 1130 g/mol. The van der Waals surface area contributed by atoms with Crippen molar-refractivity contribution in [3.05, 3.63) is 0 Å². The zero-order valence-electron chi connectivity index (χ0n) is 52.1. The van der Waals surface area contributed by atoms with E-state index in [-0.39, 0.29) is 74.3 Å². The molecule has 5 unspecified atom stereocenters. The molecule has 0 rings (SSSR count). The number of hydrogen-bond acceptors (Lipinski definition) is 15. The van der Waals surface area contributed by atoms with E-state index in [4.69, 9.17) is 66.4 Å². The van der Waals surface area contributed by atoms with Crippen molar-refractivity contribution in [3.8, 4) is 0 Å². The van der Waals surface area contributed by atoms with Crippen molar-refractivity contribution in [1.82, 2.24) is 0 Å². The Balaban J connectivity index is -0.0000000511. The van der Waals surface area contributed by atoms with Gasteiger partial charge in [0.15, 0.2) is 0 Å². The summed E-state index contributed by atoms with van der Waals surface area (Å²) in [6, 6.07) is 2.78. The Morgan fingerprint density at radius 2 is 0.537 bits per heavy atom. The topological polar surface area (TPSA) is 138 Å².